The zero-order valence-corrected chi connectivity index (χ0v) is 15.0. The van der Waals surface area contributed by atoms with E-state index in [1.165, 1.54) is 0 Å². The van der Waals surface area contributed by atoms with Crippen LogP contribution in [0, 0.1) is 0 Å². The van der Waals surface area contributed by atoms with Gasteiger partial charge in [0.25, 0.3) is 0 Å². The zero-order chi connectivity index (χ0) is 18.0. The van der Waals surface area contributed by atoms with E-state index < -0.39 is 11.9 Å². The van der Waals surface area contributed by atoms with Crippen LogP contribution < -0.4 is 5.73 Å². The summed E-state index contributed by atoms with van der Waals surface area (Å²) in [5.74, 6) is -1.40. The molecule has 142 valence electrons. The Morgan fingerprint density at radius 2 is 1.00 bits per heavy atom. The number of unbranched alkanes of at least 4 members (excludes halogenated alkanes) is 8. The molecule has 0 aromatic carbocycles. The highest BCUT2D eigenvalue weighted by molar-refractivity contribution is 5.66. The van der Waals surface area contributed by atoms with Crippen LogP contribution in [0.25, 0.3) is 0 Å². The summed E-state index contributed by atoms with van der Waals surface area (Å²) in [6.45, 7) is 3.74. The highest BCUT2D eigenvalue weighted by Crippen LogP contribution is 2.09. The number of aliphatic carboxylic acids is 2. The van der Waals surface area contributed by atoms with Crippen molar-refractivity contribution in [1.82, 2.24) is 4.90 Å². The van der Waals surface area contributed by atoms with Crippen molar-refractivity contribution in [2.24, 2.45) is 5.73 Å². The number of hydrogen-bond acceptors (Lipinski definition) is 4. The first-order chi connectivity index (χ1) is 11.6. The third kappa shape index (κ3) is 17.2. The molecule has 0 aromatic rings. The number of carbonyl (C=O) groups is 2. The summed E-state index contributed by atoms with van der Waals surface area (Å²) < 4.78 is 0. The van der Waals surface area contributed by atoms with Crippen LogP contribution in [0.1, 0.15) is 77.0 Å². The van der Waals surface area contributed by atoms with Crippen LogP contribution in [0.4, 0.5) is 0 Å². The van der Waals surface area contributed by atoms with Crippen molar-refractivity contribution < 1.29 is 19.8 Å². The molecule has 0 fully saturated rings. The van der Waals surface area contributed by atoms with Gasteiger partial charge in [0.1, 0.15) is 0 Å². The van der Waals surface area contributed by atoms with Crippen LogP contribution in [-0.4, -0.2) is 53.2 Å². The standard InChI is InChI=1S/C18H36N2O4/c19-13-16-20(14-9-5-1-3-7-11-17(21)22)15-10-6-2-4-8-12-18(23)24/h1-16,19H2,(H,21,22)(H,23,24). The Hall–Kier alpha value is -1.14. The Morgan fingerprint density at radius 1 is 0.625 bits per heavy atom. The number of nitrogens with zero attached hydrogens (tertiary/aromatic N) is 1. The highest BCUT2D eigenvalue weighted by atomic mass is 16.4. The fourth-order valence-corrected chi connectivity index (χ4v) is 2.80. The van der Waals surface area contributed by atoms with Gasteiger partial charge in [-0.15, -0.1) is 0 Å². The number of carboxylic acids is 2. The maximum atomic E-state index is 10.4. The summed E-state index contributed by atoms with van der Waals surface area (Å²) in [5, 5.41) is 17.2. The summed E-state index contributed by atoms with van der Waals surface area (Å²) in [7, 11) is 0. The summed E-state index contributed by atoms with van der Waals surface area (Å²) in [5.41, 5.74) is 5.67. The lowest BCUT2D eigenvalue weighted by molar-refractivity contribution is -0.138. The van der Waals surface area contributed by atoms with Crippen LogP contribution >= 0.6 is 0 Å². The second-order valence-corrected chi connectivity index (χ2v) is 6.45. The van der Waals surface area contributed by atoms with Gasteiger partial charge in [-0.1, -0.05) is 38.5 Å². The predicted octanol–water partition coefficient (Wildman–Crippen LogP) is 3.10. The minimum absolute atomic E-state index is 0.283. The minimum atomic E-state index is -0.702. The van der Waals surface area contributed by atoms with Gasteiger partial charge >= 0.3 is 11.9 Å². The van der Waals surface area contributed by atoms with E-state index in [2.05, 4.69) is 4.90 Å². The van der Waals surface area contributed by atoms with Gasteiger partial charge in [-0.2, -0.15) is 0 Å². The average Bonchev–Trinajstić information content (AvgIpc) is 2.52. The Morgan fingerprint density at radius 3 is 1.38 bits per heavy atom. The lowest BCUT2D eigenvalue weighted by atomic mass is 10.1. The predicted molar refractivity (Wildman–Crippen MR) is 96.2 cm³/mol. The van der Waals surface area contributed by atoms with Gasteiger partial charge in [0.2, 0.25) is 0 Å². The van der Waals surface area contributed by atoms with Crippen molar-refractivity contribution in [1.29, 1.82) is 0 Å². The van der Waals surface area contributed by atoms with Gasteiger partial charge in [0.15, 0.2) is 0 Å². The van der Waals surface area contributed by atoms with Crippen molar-refractivity contribution in [2.75, 3.05) is 26.2 Å². The maximum Gasteiger partial charge on any atom is 0.303 e. The summed E-state index contributed by atoms with van der Waals surface area (Å²) in [6, 6.07) is 0. The molecule has 0 unspecified atom stereocenters. The normalized spacial score (nSPS) is 11.1. The lowest BCUT2D eigenvalue weighted by Crippen LogP contribution is -2.31. The Labute approximate surface area is 146 Å². The van der Waals surface area contributed by atoms with Crippen LogP contribution in [0.15, 0.2) is 0 Å². The van der Waals surface area contributed by atoms with E-state index in [0.29, 0.717) is 6.54 Å². The molecule has 0 bridgehead atoms. The fourth-order valence-electron chi connectivity index (χ4n) is 2.80. The van der Waals surface area contributed by atoms with Crippen molar-refractivity contribution in [3.05, 3.63) is 0 Å². The lowest BCUT2D eigenvalue weighted by Gasteiger charge is -2.21. The molecule has 0 rings (SSSR count). The van der Waals surface area contributed by atoms with E-state index in [9.17, 15) is 9.59 Å². The third-order valence-corrected chi connectivity index (χ3v) is 4.18. The molecular weight excluding hydrogens is 308 g/mol. The third-order valence-electron chi connectivity index (χ3n) is 4.18. The van der Waals surface area contributed by atoms with Crippen molar-refractivity contribution in [3.8, 4) is 0 Å². The summed E-state index contributed by atoms with van der Waals surface area (Å²) in [6.07, 6.45) is 10.9. The molecule has 6 nitrogen and oxygen atoms in total. The summed E-state index contributed by atoms with van der Waals surface area (Å²) >= 11 is 0. The molecule has 0 saturated heterocycles. The molecule has 0 spiro atoms. The Bertz CT molecular complexity index is 296. The first kappa shape index (κ1) is 22.9. The molecule has 4 N–H and O–H groups in total. The van der Waals surface area contributed by atoms with Crippen molar-refractivity contribution in [2.45, 2.75) is 77.0 Å². The smallest absolute Gasteiger partial charge is 0.303 e. The van der Waals surface area contributed by atoms with E-state index in [1.54, 1.807) is 0 Å². The van der Waals surface area contributed by atoms with Gasteiger partial charge in [-0.3, -0.25) is 9.59 Å². The molecule has 0 amide bonds. The molecule has 0 atom stereocenters. The van der Waals surface area contributed by atoms with Crippen molar-refractivity contribution >= 4 is 11.9 Å². The van der Waals surface area contributed by atoms with Crippen LogP contribution in [0.5, 0.6) is 0 Å². The van der Waals surface area contributed by atoms with E-state index in [0.717, 1.165) is 83.8 Å². The van der Waals surface area contributed by atoms with Gasteiger partial charge in [0, 0.05) is 25.9 Å². The van der Waals surface area contributed by atoms with Crippen LogP contribution in [-0.2, 0) is 9.59 Å². The Balaban J connectivity index is 3.52. The SMILES string of the molecule is NCCN(CCCCCCCC(=O)O)CCCCCCCC(=O)O. The van der Waals surface area contributed by atoms with E-state index in [4.69, 9.17) is 15.9 Å². The van der Waals surface area contributed by atoms with Crippen LogP contribution in [0.3, 0.4) is 0 Å². The number of nitrogens with two attached hydrogens (primary N) is 1. The van der Waals surface area contributed by atoms with Gasteiger partial charge < -0.3 is 20.8 Å². The monoisotopic (exact) mass is 344 g/mol. The first-order valence-corrected chi connectivity index (χ1v) is 9.42. The molecule has 6 heteroatoms. The average molecular weight is 344 g/mol. The van der Waals surface area contributed by atoms with Gasteiger partial charge in [-0.25, -0.2) is 0 Å². The van der Waals surface area contributed by atoms with Gasteiger partial charge in [0.05, 0.1) is 0 Å². The zero-order valence-electron chi connectivity index (χ0n) is 15.0. The molecule has 0 aromatic heterocycles. The fraction of sp³-hybridized carbons (Fsp3) is 0.889. The first-order valence-electron chi connectivity index (χ1n) is 9.42. The molecule has 0 aliphatic carbocycles. The van der Waals surface area contributed by atoms with Gasteiger partial charge in [-0.05, 0) is 38.8 Å². The molecule has 0 aliphatic rings. The maximum absolute atomic E-state index is 10.4. The molecule has 0 aliphatic heterocycles. The second-order valence-electron chi connectivity index (χ2n) is 6.45. The molecule has 0 radical (unpaired) electrons. The number of hydrogen-bond donors (Lipinski definition) is 3. The molecule has 0 saturated carbocycles. The van der Waals surface area contributed by atoms with Crippen LogP contribution in [0.2, 0.25) is 0 Å². The summed E-state index contributed by atoms with van der Waals surface area (Å²) in [4.78, 5) is 23.2. The topological polar surface area (TPSA) is 104 Å². The Kier molecular flexibility index (Phi) is 15.9. The van der Waals surface area contributed by atoms with E-state index in [-0.39, 0.29) is 12.8 Å². The number of rotatable bonds is 18. The minimum Gasteiger partial charge on any atom is -0.481 e. The van der Waals surface area contributed by atoms with Crippen molar-refractivity contribution in [3.63, 3.8) is 0 Å². The molecule has 24 heavy (non-hydrogen) atoms. The largest absolute Gasteiger partial charge is 0.481 e. The molecule has 0 heterocycles. The molecular formula is C18H36N2O4. The number of carboxylic acid groups (broad SMARTS) is 2. The van der Waals surface area contributed by atoms with E-state index >= 15 is 0 Å². The van der Waals surface area contributed by atoms with E-state index in [1.807, 2.05) is 0 Å². The quantitative estimate of drug-likeness (QED) is 0.330. The highest BCUT2D eigenvalue weighted by Gasteiger charge is 2.04. The second kappa shape index (κ2) is 16.7.